The van der Waals surface area contributed by atoms with Gasteiger partial charge in [0.05, 0.1) is 31.7 Å². The highest BCUT2D eigenvalue weighted by molar-refractivity contribution is 9.10. The molecule has 12 heteroatoms. The molecule has 0 radical (unpaired) electrons. The van der Waals surface area contributed by atoms with Crippen LogP contribution in [0.2, 0.25) is 10.0 Å². The maximum absolute atomic E-state index is 13.1. The van der Waals surface area contributed by atoms with Gasteiger partial charge in [-0.15, -0.1) is 0 Å². The van der Waals surface area contributed by atoms with Crippen molar-refractivity contribution in [3.05, 3.63) is 85.4 Å². The summed E-state index contributed by atoms with van der Waals surface area (Å²) < 4.78 is 25.0. The summed E-state index contributed by atoms with van der Waals surface area (Å²) in [5, 5.41) is 6.36. The number of ether oxygens (including phenoxy) is 2. The summed E-state index contributed by atoms with van der Waals surface area (Å²) in [7, 11) is 0. The van der Waals surface area contributed by atoms with Crippen molar-refractivity contribution in [3.63, 3.8) is 0 Å². The Balaban J connectivity index is 1.50. The van der Waals surface area contributed by atoms with Crippen molar-refractivity contribution >= 4 is 85.3 Å². The minimum absolute atomic E-state index is 0.293. The molecule has 0 aromatic heterocycles. The van der Waals surface area contributed by atoms with Crippen molar-refractivity contribution in [1.29, 1.82) is 0 Å². The Hall–Kier alpha value is -3.05. The van der Waals surface area contributed by atoms with E-state index in [2.05, 4.69) is 31.6 Å². The Kier molecular flexibility index (Phi) is 9.32. The molecule has 1 heterocycles. The van der Waals surface area contributed by atoms with E-state index in [1.165, 1.54) is 24.3 Å². The van der Waals surface area contributed by atoms with Crippen molar-refractivity contribution < 1.29 is 23.5 Å². The lowest BCUT2D eigenvalue weighted by molar-refractivity contribution is -0.118. The molecule has 7 nitrogen and oxygen atoms in total. The highest BCUT2D eigenvalue weighted by Crippen LogP contribution is 2.39. The van der Waals surface area contributed by atoms with E-state index in [0.29, 0.717) is 59.6 Å². The number of hydrogen-bond donors (Lipinski definition) is 2. The molecule has 0 atom stereocenters. The van der Waals surface area contributed by atoms with Crippen LogP contribution in [0.3, 0.4) is 0 Å². The number of nitrogens with zero attached hydrogens (tertiary/aromatic N) is 1. The number of anilines is 1. The molecule has 3 aromatic carbocycles. The van der Waals surface area contributed by atoms with Crippen LogP contribution in [0.1, 0.15) is 12.5 Å². The van der Waals surface area contributed by atoms with Gasteiger partial charge in [0, 0.05) is 5.69 Å². The fraction of sp³-hybridized carbons (Fsp3) is 0.115. The van der Waals surface area contributed by atoms with Crippen molar-refractivity contribution in [1.82, 2.24) is 5.32 Å². The highest BCUT2D eigenvalue weighted by Gasteiger charge is 2.25. The lowest BCUT2D eigenvalue weighted by atomic mass is 10.2. The number of carbonyl (C=O) groups excluding carboxylic acids is 2. The predicted molar refractivity (Wildman–Crippen MR) is 153 cm³/mol. The monoisotopic (exact) mass is 637 g/mol. The topological polar surface area (TPSA) is 89.0 Å². The van der Waals surface area contributed by atoms with E-state index in [9.17, 15) is 14.0 Å². The molecule has 38 heavy (non-hydrogen) atoms. The minimum atomic E-state index is -0.428. The molecule has 3 aromatic rings. The maximum atomic E-state index is 13.1. The van der Waals surface area contributed by atoms with Gasteiger partial charge in [-0.2, -0.15) is 0 Å². The molecule has 196 valence electrons. The van der Waals surface area contributed by atoms with Gasteiger partial charge in [-0.05, 0) is 94.8 Å². The smallest absolute Gasteiger partial charge is 0.264 e. The number of benzene rings is 3. The van der Waals surface area contributed by atoms with E-state index in [-0.39, 0.29) is 12.5 Å². The van der Waals surface area contributed by atoms with E-state index in [1.54, 1.807) is 36.4 Å². The van der Waals surface area contributed by atoms with Gasteiger partial charge in [0.1, 0.15) is 5.82 Å². The van der Waals surface area contributed by atoms with Crippen molar-refractivity contribution in [3.8, 4) is 11.5 Å². The number of amides is 2. The molecule has 1 fully saturated rings. The van der Waals surface area contributed by atoms with Crippen LogP contribution >= 0.6 is 50.9 Å². The number of carbonyl (C=O) groups is 2. The second-order valence-electron chi connectivity index (χ2n) is 7.66. The molecule has 2 amide bonds. The van der Waals surface area contributed by atoms with E-state index in [1.807, 2.05) is 6.92 Å². The third kappa shape index (κ3) is 7.08. The Morgan fingerprint density at radius 3 is 2.68 bits per heavy atom. The standard InChI is InChI=1S/C26H19BrCl2FN3O4S/c1-2-36-20-11-14(10-17(27)24(20)37-13-22(34)31-16-8-6-15(30)7-9-16)12-21-25(35)33-26(38-21)32-19-5-3-4-18(28)23(19)29/h3-12H,2,13H2,1H3,(H,31,34)(H,32,33,35)/b21-12+. The molecule has 0 bridgehead atoms. The molecule has 0 saturated carbocycles. The summed E-state index contributed by atoms with van der Waals surface area (Å²) in [6, 6.07) is 13.9. The van der Waals surface area contributed by atoms with Crippen molar-refractivity contribution in [2.45, 2.75) is 6.92 Å². The summed E-state index contributed by atoms with van der Waals surface area (Å²) >= 11 is 16.9. The Morgan fingerprint density at radius 1 is 1.18 bits per heavy atom. The lowest BCUT2D eigenvalue weighted by Crippen LogP contribution is -2.20. The first-order valence-corrected chi connectivity index (χ1v) is 13.5. The van der Waals surface area contributed by atoms with E-state index in [0.717, 1.165) is 11.8 Å². The molecule has 2 N–H and O–H groups in total. The van der Waals surface area contributed by atoms with Crippen molar-refractivity contribution in [2.75, 3.05) is 18.5 Å². The van der Waals surface area contributed by atoms with Crippen LogP contribution in [0.4, 0.5) is 15.8 Å². The molecule has 0 aliphatic carbocycles. The molecule has 0 unspecified atom stereocenters. The van der Waals surface area contributed by atoms with Crippen LogP contribution in [0, 0.1) is 5.82 Å². The van der Waals surface area contributed by atoms with Crippen molar-refractivity contribution in [2.24, 2.45) is 4.99 Å². The van der Waals surface area contributed by atoms with E-state index in [4.69, 9.17) is 32.7 Å². The zero-order valence-electron chi connectivity index (χ0n) is 19.7. The minimum Gasteiger partial charge on any atom is -0.490 e. The first-order valence-electron chi connectivity index (χ1n) is 11.1. The number of halogens is 4. The average molecular weight is 639 g/mol. The Labute approximate surface area is 240 Å². The summed E-state index contributed by atoms with van der Waals surface area (Å²) in [4.78, 5) is 29.7. The molecule has 0 spiro atoms. The number of aliphatic imine (C=N–C) groups is 1. The Morgan fingerprint density at radius 2 is 1.95 bits per heavy atom. The molecule has 1 aliphatic heterocycles. The number of nitrogens with one attached hydrogen (secondary N) is 2. The fourth-order valence-electron chi connectivity index (χ4n) is 3.26. The van der Waals surface area contributed by atoms with Gasteiger partial charge in [0.15, 0.2) is 23.3 Å². The van der Waals surface area contributed by atoms with Crippen LogP contribution in [0.5, 0.6) is 11.5 Å². The van der Waals surface area contributed by atoms with Gasteiger partial charge in [0.25, 0.3) is 11.8 Å². The quantitative estimate of drug-likeness (QED) is 0.255. The summed E-state index contributed by atoms with van der Waals surface area (Å²) in [5.74, 6) is -0.445. The van der Waals surface area contributed by atoms with Crippen LogP contribution in [0.15, 0.2) is 69.0 Å². The molecule has 1 aliphatic rings. The second kappa shape index (κ2) is 12.7. The number of rotatable bonds is 8. The zero-order valence-corrected chi connectivity index (χ0v) is 23.6. The van der Waals surface area contributed by atoms with Crippen LogP contribution in [-0.2, 0) is 9.59 Å². The number of amidine groups is 1. The Bertz CT molecular complexity index is 1450. The highest BCUT2D eigenvalue weighted by atomic mass is 79.9. The SMILES string of the molecule is CCOc1cc(/C=C2/SC(=Nc3cccc(Cl)c3Cl)NC2=O)cc(Br)c1OCC(=O)Nc1ccc(F)cc1. The van der Waals surface area contributed by atoms with Gasteiger partial charge in [-0.1, -0.05) is 29.3 Å². The average Bonchev–Trinajstić information content (AvgIpc) is 3.21. The predicted octanol–water partition coefficient (Wildman–Crippen LogP) is 7.20. The van der Waals surface area contributed by atoms with Crippen LogP contribution in [0.25, 0.3) is 6.08 Å². The summed E-state index contributed by atoms with van der Waals surface area (Å²) in [6.45, 7) is 1.85. The summed E-state index contributed by atoms with van der Waals surface area (Å²) in [6.07, 6.45) is 1.68. The molecule has 4 rings (SSSR count). The first kappa shape index (κ1) is 28.0. The van der Waals surface area contributed by atoms with Gasteiger partial charge in [-0.25, -0.2) is 9.38 Å². The normalized spacial score (nSPS) is 15.0. The van der Waals surface area contributed by atoms with E-state index < -0.39 is 11.7 Å². The molecular weight excluding hydrogens is 620 g/mol. The van der Waals surface area contributed by atoms with Gasteiger partial charge in [0.2, 0.25) is 0 Å². The van der Waals surface area contributed by atoms with Gasteiger partial charge < -0.3 is 20.1 Å². The van der Waals surface area contributed by atoms with Crippen LogP contribution < -0.4 is 20.1 Å². The lowest BCUT2D eigenvalue weighted by Gasteiger charge is -2.15. The largest absolute Gasteiger partial charge is 0.490 e. The maximum Gasteiger partial charge on any atom is 0.264 e. The third-order valence-corrected chi connectivity index (χ3v) is 7.22. The van der Waals surface area contributed by atoms with Gasteiger partial charge in [-0.3, -0.25) is 9.59 Å². The number of thioether (sulfide) groups is 1. The number of hydrogen-bond acceptors (Lipinski definition) is 6. The zero-order chi connectivity index (χ0) is 27.2. The third-order valence-electron chi connectivity index (χ3n) is 4.91. The fourth-order valence-corrected chi connectivity index (χ4v) is 5.01. The molecular formula is C26H19BrCl2FN3O4S. The molecule has 1 saturated heterocycles. The summed E-state index contributed by atoms with van der Waals surface area (Å²) in [5.41, 5.74) is 1.54. The second-order valence-corrected chi connectivity index (χ2v) is 10.3. The van der Waals surface area contributed by atoms with Gasteiger partial charge >= 0.3 is 0 Å². The van der Waals surface area contributed by atoms with E-state index >= 15 is 0 Å². The first-order chi connectivity index (χ1) is 18.2. The van der Waals surface area contributed by atoms with Crippen LogP contribution in [-0.4, -0.2) is 30.2 Å².